The van der Waals surface area contributed by atoms with Crippen LogP contribution >= 0.6 is 0 Å². The van der Waals surface area contributed by atoms with Crippen molar-refractivity contribution < 1.29 is 19.0 Å². The molecular weight excluding hydrogens is 187 g/mol. The van der Waals surface area contributed by atoms with Crippen LogP contribution in [0.3, 0.4) is 0 Å². The van der Waals surface area contributed by atoms with Gasteiger partial charge in [0.15, 0.2) is 6.61 Å². The molecule has 1 aromatic rings. The maximum absolute atomic E-state index is 12.8. The van der Waals surface area contributed by atoms with Gasteiger partial charge in [0.2, 0.25) is 0 Å². The third kappa shape index (κ3) is 2.73. The lowest BCUT2D eigenvalue weighted by Gasteiger charge is -2.07. The van der Waals surface area contributed by atoms with Crippen LogP contribution in [0.4, 0.5) is 4.39 Å². The van der Waals surface area contributed by atoms with Gasteiger partial charge in [0.1, 0.15) is 11.6 Å². The Kier molecular flexibility index (Phi) is 3.45. The number of carboxylic acid groups (broad SMARTS) is 1. The van der Waals surface area contributed by atoms with Crippen LogP contribution in [-0.2, 0) is 11.2 Å². The van der Waals surface area contributed by atoms with Crippen molar-refractivity contribution in [2.24, 2.45) is 0 Å². The molecule has 0 radical (unpaired) electrons. The highest BCUT2D eigenvalue weighted by molar-refractivity contribution is 5.68. The topological polar surface area (TPSA) is 46.5 Å². The van der Waals surface area contributed by atoms with Crippen molar-refractivity contribution in [3.05, 3.63) is 29.6 Å². The molecule has 0 aliphatic rings. The van der Waals surface area contributed by atoms with E-state index in [4.69, 9.17) is 9.84 Å². The van der Waals surface area contributed by atoms with Gasteiger partial charge < -0.3 is 9.84 Å². The number of carbonyl (C=O) groups is 1. The summed E-state index contributed by atoms with van der Waals surface area (Å²) < 4.78 is 17.7. The number of rotatable bonds is 4. The maximum atomic E-state index is 12.8. The minimum absolute atomic E-state index is 0.343. The van der Waals surface area contributed by atoms with Crippen molar-refractivity contribution in [3.63, 3.8) is 0 Å². The second kappa shape index (κ2) is 4.60. The highest BCUT2D eigenvalue weighted by Crippen LogP contribution is 2.19. The van der Waals surface area contributed by atoms with Crippen LogP contribution in [0.2, 0.25) is 0 Å². The van der Waals surface area contributed by atoms with E-state index in [0.29, 0.717) is 17.7 Å². The molecule has 0 bridgehead atoms. The van der Waals surface area contributed by atoms with Crippen LogP contribution in [0.15, 0.2) is 18.2 Å². The van der Waals surface area contributed by atoms with Crippen LogP contribution in [0.25, 0.3) is 0 Å². The van der Waals surface area contributed by atoms with Crippen molar-refractivity contribution in [2.75, 3.05) is 6.61 Å². The van der Waals surface area contributed by atoms with Gasteiger partial charge in [0, 0.05) is 0 Å². The van der Waals surface area contributed by atoms with Gasteiger partial charge in [-0.2, -0.15) is 0 Å². The molecule has 1 N–H and O–H groups in total. The zero-order valence-corrected chi connectivity index (χ0v) is 7.79. The molecule has 0 atom stereocenters. The molecule has 0 spiro atoms. The molecule has 0 unspecified atom stereocenters. The average Bonchev–Trinajstić information content (AvgIpc) is 2.15. The first-order valence-electron chi connectivity index (χ1n) is 4.26. The van der Waals surface area contributed by atoms with Gasteiger partial charge in [-0.1, -0.05) is 6.92 Å². The Hall–Kier alpha value is -1.58. The first-order valence-corrected chi connectivity index (χ1v) is 4.26. The van der Waals surface area contributed by atoms with E-state index in [1.165, 1.54) is 18.2 Å². The van der Waals surface area contributed by atoms with E-state index in [2.05, 4.69) is 0 Å². The van der Waals surface area contributed by atoms with Crippen LogP contribution in [0, 0.1) is 5.82 Å². The van der Waals surface area contributed by atoms with Gasteiger partial charge in [-0.3, -0.25) is 0 Å². The number of halogens is 1. The zero-order valence-electron chi connectivity index (χ0n) is 7.79. The Balaban J connectivity index is 2.80. The maximum Gasteiger partial charge on any atom is 0.341 e. The Labute approximate surface area is 81.1 Å². The molecule has 0 aromatic heterocycles. The zero-order chi connectivity index (χ0) is 10.6. The molecule has 1 rings (SSSR count). The Bertz CT molecular complexity index is 336. The molecule has 3 nitrogen and oxygen atoms in total. The van der Waals surface area contributed by atoms with Gasteiger partial charge in [-0.05, 0) is 30.2 Å². The number of hydrogen-bond acceptors (Lipinski definition) is 2. The summed E-state index contributed by atoms with van der Waals surface area (Å²) in [4.78, 5) is 10.2. The normalized spacial score (nSPS) is 9.86. The molecule has 0 fully saturated rings. The highest BCUT2D eigenvalue weighted by Gasteiger charge is 2.05. The molecule has 0 heterocycles. The highest BCUT2D eigenvalue weighted by atomic mass is 19.1. The first-order chi connectivity index (χ1) is 6.63. The smallest absolute Gasteiger partial charge is 0.341 e. The third-order valence-corrected chi connectivity index (χ3v) is 1.75. The molecule has 4 heteroatoms. The molecule has 0 aliphatic heterocycles. The van der Waals surface area contributed by atoms with Crippen molar-refractivity contribution in [2.45, 2.75) is 13.3 Å². The van der Waals surface area contributed by atoms with E-state index >= 15 is 0 Å². The summed E-state index contributed by atoms with van der Waals surface area (Å²) in [5.74, 6) is -0.961. The largest absolute Gasteiger partial charge is 0.482 e. The minimum Gasteiger partial charge on any atom is -0.482 e. The lowest BCUT2D eigenvalue weighted by Crippen LogP contribution is -2.10. The van der Waals surface area contributed by atoms with E-state index in [-0.39, 0.29) is 5.82 Å². The predicted molar refractivity (Wildman–Crippen MR) is 48.9 cm³/mol. The van der Waals surface area contributed by atoms with E-state index < -0.39 is 12.6 Å². The lowest BCUT2D eigenvalue weighted by molar-refractivity contribution is -0.139. The summed E-state index contributed by atoms with van der Waals surface area (Å²) in [5, 5.41) is 8.39. The third-order valence-electron chi connectivity index (χ3n) is 1.75. The minimum atomic E-state index is -1.05. The quantitative estimate of drug-likeness (QED) is 0.803. The average molecular weight is 198 g/mol. The van der Waals surface area contributed by atoms with Gasteiger partial charge >= 0.3 is 5.97 Å². The molecule has 76 valence electrons. The van der Waals surface area contributed by atoms with E-state index in [0.717, 1.165) is 0 Å². The standard InChI is InChI=1S/C10H11FO3/c1-2-7-5-8(11)3-4-9(7)14-6-10(12)13/h3-5H,2,6H2,1H3,(H,12,13). The summed E-state index contributed by atoms with van der Waals surface area (Å²) in [6, 6.07) is 4.03. The first kappa shape index (κ1) is 10.5. The summed E-state index contributed by atoms with van der Waals surface area (Å²) in [6.45, 7) is 1.45. The summed E-state index contributed by atoms with van der Waals surface area (Å²) in [7, 11) is 0. The van der Waals surface area contributed by atoms with Crippen LogP contribution in [0.1, 0.15) is 12.5 Å². The van der Waals surface area contributed by atoms with Gasteiger partial charge in [-0.15, -0.1) is 0 Å². The number of carboxylic acids is 1. The second-order valence-electron chi connectivity index (χ2n) is 2.79. The molecule has 0 amide bonds. The van der Waals surface area contributed by atoms with Crippen molar-refractivity contribution in [3.8, 4) is 5.75 Å². The monoisotopic (exact) mass is 198 g/mol. The molecule has 1 aromatic carbocycles. The van der Waals surface area contributed by atoms with Crippen molar-refractivity contribution in [1.82, 2.24) is 0 Å². The lowest BCUT2D eigenvalue weighted by atomic mass is 10.1. The van der Waals surface area contributed by atoms with E-state index in [1.54, 1.807) is 0 Å². The number of ether oxygens (including phenoxy) is 1. The fourth-order valence-corrected chi connectivity index (χ4v) is 1.10. The van der Waals surface area contributed by atoms with Crippen LogP contribution in [-0.4, -0.2) is 17.7 Å². The fourth-order valence-electron chi connectivity index (χ4n) is 1.10. The van der Waals surface area contributed by atoms with E-state index in [9.17, 15) is 9.18 Å². The molecular formula is C10H11FO3. The van der Waals surface area contributed by atoms with Crippen LogP contribution < -0.4 is 4.74 Å². The summed E-state index contributed by atoms with van der Waals surface area (Å²) >= 11 is 0. The molecule has 14 heavy (non-hydrogen) atoms. The van der Waals surface area contributed by atoms with Gasteiger partial charge in [-0.25, -0.2) is 9.18 Å². The SMILES string of the molecule is CCc1cc(F)ccc1OCC(=O)O. The summed E-state index contributed by atoms with van der Waals surface area (Å²) in [6.07, 6.45) is 0.604. The van der Waals surface area contributed by atoms with E-state index in [1.807, 2.05) is 6.92 Å². The van der Waals surface area contributed by atoms with Gasteiger partial charge in [0.05, 0.1) is 0 Å². The van der Waals surface area contributed by atoms with Gasteiger partial charge in [0.25, 0.3) is 0 Å². The van der Waals surface area contributed by atoms with Crippen molar-refractivity contribution >= 4 is 5.97 Å². The Morgan fingerprint density at radius 2 is 2.29 bits per heavy atom. The number of hydrogen-bond donors (Lipinski definition) is 1. The fraction of sp³-hybridized carbons (Fsp3) is 0.300. The summed E-state index contributed by atoms with van der Waals surface area (Å²) in [5.41, 5.74) is 0.672. The Morgan fingerprint density at radius 3 is 2.86 bits per heavy atom. The second-order valence-corrected chi connectivity index (χ2v) is 2.79. The number of benzene rings is 1. The molecule has 0 saturated heterocycles. The Morgan fingerprint density at radius 1 is 1.57 bits per heavy atom. The molecule has 0 saturated carbocycles. The van der Waals surface area contributed by atoms with Crippen molar-refractivity contribution in [1.29, 1.82) is 0 Å². The van der Waals surface area contributed by atoms with Crippen LogP contribution in [0.5, 0.6) is 5.75 Å². The molecule has 0 aliphatic carbocycles. The number of aliphatic carboxylic acids is 1. The predicted octanol–water partition coefficient (Wildman–Crippen LogP) is 1.85. The number of aryl methyl sites for hydroxylation is 1.